The summed E-state index contributed by atoms with van der Waals surface area (Å²) in [5.74, 6) is 0.663. The number of hydrogen-bond donors (Lipinski definition) is 1. The van der Waals surface area contributed by atoms with Crippen molar-refractivity contribution in [3.63, 3.8) is 0 Å². The van der Waals surface area contributed by atoms with Gasteiger partial charge in [-0.2, -0.15) is 0 Å². The van der Waals surface area contributed by atoms with E-state index < -0.39 is 0 Å². The summed E-state index contributed by atoms with van der Waals surface area (Å²) in [5, 5.41) is 3.40. The molecule has 3 atom stereocenters. The molecule has 0 fully saturated rings. The van der Waals surface area contributed by atoms with E-state index in [1.807, 2.05) is 7.05 Å². The van der Waals surface area contributed by atoms with Crippen molar-refractivity contribution in [2.45, 2.75) is 45.3 Å². The van der Waals surface area contributed by atoms with Gasteiger partial charge in [-0.05, 0) is 30.5 Å². The van der Waals surface area contributed by atoms with Crippen LogP contribution in [-0.2, 0) is 11.2 Å². The number of likely N-dealkylation sites (N-methyl/N-ethyl adjacent to an activating group) is 1. The van der Waals surface area contributed by atoms with E-state index in [1.165, 1.54) is 24.0 Å². The Kier molecular flexibility index (Phi) is 4.79. The fourth-order valence-corrected chi connectivity index (χ4v) is 2.92. The van der Waals surface area contributed by atoms with Gasteiger partial charge in [0.15, 0.2) is 0 Å². The minimum Gasteiger partial charge on any atom is -0.376 e. The van der Waals surface area contributed by atoms with Crippen LogP contribution in [0.4, 0.5) is 0 Å². The highest BCUT2D eigenvalue weighted by Gasteiger charge is 2.31. The molecule has 2 rings (SSSR count). The van der Waals surface area contributed by atoms with Gasteiger partial charge in [0.05, 0.1) is 12.1 Å². The molecule has 3 unspecified atom stereocenters. The van der Waals surface area contributed by atoms with Crippen LogP contribution in [0.15, 0.2) is 24.3 Å². The number of benzene rings is 1. The standard InChI is InChI=1S/C16H25NO/c1-4-7-12(2)11-18-15-10-13-8-5-6-9-14(13)16(15)17-3/h5-6,8-9,12,15-17H,4,7,10-11H2,1-3H3. The molecule has 0 aliphatic heterocycles. The van der Waals surface area contributed by atoms with Gasteiger partial charge in [0, 0.05) is 13.0 Å². The first-order chi connectivity index (χ1) is 8.76. The van der Waals surface area contributed by atoms with Gasteiger partial charge in [-0.1, -0.05) is 44.5 Å². The zero-order valence-electron chi connectivity index (χ0n) is 11.8. The van der Waals surface area contributed by atoms with E-state index in [1.54, 1.807) is 0 Å². The summed E-state index contributed by atoms with van der Waals surface area (Å²) in [5.41, 5.74) is 2.85. The molecule has 1 N–H and O–H groups in total. The number of rotatable bonds is 6. The van der Waals surface area contributed by atoms with Gasteiger partial charge in [0.1, 0.15) is 0 Å². The zero-order valence-corrected chi connectivity index (χ0v) is 11.8. The van der Waals surface area contributed by atoms with Crippen molar-refractivity contribution in [1.82, 2.24) is 5.32 Å². The molecule has 2 heteroatoms. The third-order valence-corrected chi connectivity index (χ3v) is 3.87. The minimum absolute atomic E-state index is 0.298. The molecule has 0 bridgehead atoms. The zero-order chi connectivity index (χ0) is 13.0. The quantitative estimate of drug-likeness (QED) is 0.832. The van der Waals surface area contributed by atoms with Crippen LogP contribution < -0.4 is 5.32 Å². The van der Waals surface area contributed by atoms with Crippen LogP contribution in [-0.4, -0.2) is 19.8 Å². The van der Waals surface area contributed by atoms with Gasteiger partial charge in [0.2, 0.25) is 0 Å². The number of fused-ring (bicyclic) bond motifs is 1. The van der Waals surface area contributed by atoms with Crippen LogP contribution >= 0.6 is 0 Å². The van der Waals surface area contributed by atoms with Gasteiger partial charge >= 0.3 is 0 Å². The van der Waals surface area contributed by atoms with Crippen LogP contribution in [0.5, 0.6) is 0 Å². The lowest BCUT2D eigenvalue weighted by Gasteiger charge is -2.22. The van der Waals surface area contributed by atoms with Crippen molar-refractivity contribution < 1.29 is 4.74 Å². The Morgan fingerprint density at radius 3 is 2.89 bits per heavy atom. The van der Waals surface area contributed by atoms with Crippen molar-refractivity contribution in [1.29, 1.82) is 0 Å². The highest BCUT2D eigenvalue weighted by atomic mass is 16.5. The average molecular weight is 247 g/mol. The fourth-order valence-electron chi connectivity index (χ4n) is 2.92. The molecule has 0 radical (unpaired) electrons. The Labute approximate surface area is 111 Å². The first-order valence-electron chi connectivity index (χ1n) is 7.13. The van der Waals surface area contributed by atoms with Crippen molar-refractivity contribution >= 4 is 0 Å². The Balaban J connectivity index is 1.95. The van der Waals surface area contributed by atoms with E-state index in [0.29, 0.717) is 18.1 Å². The molecule has 1 aromatic rings. The molecule has 0 saturated heterocycles. The predicted octanol–water partition coefficient (Wildman–Crippen LogP) is 3.32. The smallest absolute Gasteiger partial charge is 0.0810 e. The van der Waals surface area contributed by atoms with Crippen LogP contribution in [0.1, 0.15) is 43.9 Å². The average Bonchev–Trinajstić information content (AvgIpc) is 2.74. The lowest BCUT2D eigenvalue weighted by Crippen LogP contribution is -2.29. The van der Waals surface area contributed by atoms with E-state index >= 15 is 0 Å². The molecule has 18 heavy (non-hydrogen) atoms. The molecule has 0 spiro atoms. The maximum Gasteiger partial charge on any atom is 0.0810 e. The maximum atomic E-state index is 6.14. The van der Waals surface area contributed by atoms with Gasteiger partial charge in [-0.3, -0.25) is 0 Å². The summed E-state index contributed by atoms with van der Waals surface area (Å²) < 4.78 is 6.14. The second-order valence-corrected chi connectivity index (χ2v) is 5.43. The van der Waals surface area contributed by atoms with Crippen LogP contribution in [0.25, 0.3) is 0 Å². The maximum absolute atomic E-state index is 6.14. The van der Waals surface area contributed by atoms with E-state index in [9.17, 15) is 0 Å². The van der Waals surface area contributed by atoms with E-state index in [4.69, 9.17) is 4.74 Å². The Morgan fingerprint density at radius 2 is 2.17 bits per heavy atom. The topological polar surface area (TPSA) is 21.3 Å². The summed E-state index contributed by atoms with van der Waals surface area (Å²) in [6, 6.07) is 9.03. The van der Waals surface area contributed by atoms with Crippen LogP contribution in [0, 0.1) is 5.92 Å². The highest BCUT2D eigenvalue weighted by Crippen LogP contribution is 2.33. The summed E-state index contributed by atoms with van der Waals surface area (Å²) in [4.78, 5) is 0. The van der Waals surface area contributed by atoms with Crippen molar-refractivity contribution in [2.24, 2.45) is 5.92 Å². The molecule has 1 aliphatic rings. The van der Waals surface area contributed by atoms with E-state index in [-0.39, 0.29) is 0 Å². The number of nitrogens with one attached hydrogen (secondary N) is 1. The molecular weight excluding hydrogens is 222 g/mol. The summed E-state index contributed by atoms with van der Waals surface area (Å²) >= 11 is 0. The van der Waals surface area contributed by atoms with Gasteiger partial charge < -0.3 is 10.1 Å². The molecule has 0 saturated carbocycles. The third kappa shape index (κ3) is 2.93. The third-order valence-electron chi connectivity index (χ3n) is 3.87. The van der Waals surface area contributed by atoms with Crippen molar-refractivity contribution in [2.75, 3.05) is 13.7 Å². The lowest BCUT2D eigenvalue weighted by molar-refractivity contribution is 0.0163. The lowest BCUT2D eigenvalue weighted by atomic mass is 10.1. The summed E-state index contributed by atoms with van der Waals surface area (Å²) in [6.45, 7) is 5.39. The van der Waals surface area contributed by atoms with Gasteiger partial charge in [-0.25, -0.2) is 0 Å². The number of hydrogen-bond acceptors (Lipinski definition) is 2. The predicted molar refractivity (Wildman–Crippen MR) is 75.8 cm³/mol. The van der Waals surface area contributed by atoms with Crippen LogP contribution in [0.2, 0.25) is 0 Å². The molecule has 0 aromatic heterocycles. The van der Waals surface area contributed by atoms with Gasteiger partial charge in [-0.15, -0.1) is 0 Å². The fraction of sp³-hybridized carbons (Fsp3) is 0.625. The second kappa shape index (κ2) is 6.35. The molecule has 1 aliphatic carbocycles. The summed E-state index contributed by atoms with van der Waals surface area (Å²) in [6.07, 6.45) is 3.83. The molecular formula is C16H25NO. The monoisotopic (exact) mass is 247 g/mol. The highest BCUT2D eigenvalue weighted by molar-refractivity contribution is 5.36. The molecule has 0 amide bonds. The SMILES string of the molecule is CCCC(C)COC1Cc2ccccc2C1NC. The normalized spacial score (nSPS) is 23.9. The van der Waals surface area contributed by atoms with E-state index in [2.05, 4.69) is 43.4 Å². The first-order valence-corrected chi connectivity index (χ1v) is 7.13. The Hall–Kier alpha value is -0.860. The second-order valence-electron chi connectivity index (χ2n) is 5.43. The Bertz CT molecular complexity index is 377. The van der Waals surface area contributed by atoms with E-state index in [0.717, 1.165) is 13.0 Å². The molecule has 2 nitrogen and oxygen atoms in total. The van der Waals surface area contributed by atoms with Crippen LogP contribution in [0.3, 0.4) is 0 Å². The number of ether oxygens (including phenoxy) is 1. The molecule has 100 valence electrons. The van der Waals surface area contributed by atoms with Crippen molar-refractivity contribution in [3.8, 4) is 0 Å². The van der Waals surface area contributed by atoms with Crippen molar-refractivity contribution in [3.05, 3.63) is 35.4 Å². The molecule has 0 heterocycles. The minimum atomic E-state index is 0.298. The molecule has 1 aromatic carbocycles. The summed E-state index contributed by atoms with van der Waals surface area (Å²) in [7, 11) is 2.03. The van der Waals surface area contributed by atoms with Gasteiger partial charge in [0.25, 0.3) is 0 Å². The largest absolute Gasteiger partial charge is 0.376 e. The Morgan fingerprint density at radius 1 is 1.39 bits per heavy atom. The first kappa shape index (κ1) is 13.6.